The third kappa shape index (κ3) is 4.14. The molecular formula is C18H15N3O2. The van der Waals surface area contributed by atoms with E-state index in [9.17, 15) is 4.79 Å². The molecular weight excluding hydrogens is 290 g/mol. The van der Waals surface area contributed by atoms with Gasteiger partial charge in [-0.2, -0.15) is 0 Å². The van der Waals surface area contributed by atoms with E-state index in [4.69, 9.17) is 4.74 Å². The van der Waals surface area contributed by atoms with E-state index in [1.54, 1.807) is 0 Å². The second kappa shape index (κ2) is 7.17. The average molecular weight is 305 g/mol. The van der Waals surface area contributed by atoms with E-state index in [0.717, 1.165) is 11.1 Å². The molecule has 114 valence electrons. The van der Waals surface area contributed by atoms with Gasteiger partial charge >= 0.3 is 6.09 Å². The summed E-state index contributed by atoms with van der Waals surface area (Å²) < 4.78 is 5.15. The van der Waals surface area contributed by atoms with E-state index in [2.05, 4.69) is 15.3 Å². The molecule has 0 aliphatic heterocycles. The monoisotopic (exact) mass is 305 g/mol. The van der Waals surface area contributed by atoms with E-state index >= 15 is 0 Å². The van der Waals surface area contributed by atoms with Gasteiger partial charge in [0.25, 0.3) is 0 Å². The molecule has 1 heterocycles. The lowest BCUT2D eigenvalue weighted by Gasteiger charge is -2.06. The Hall–Kier alpha value is -3.21. The summed E-state index contributed by atoms with van der Waals surface area (Å²) in [4.78, 5) is 20.2. The molecule has 0 unspecified atom stereocenters. The minimum atomic E-state index is -0.537. The molecule has 3 rings (SSSR count). The zero-order valence-corrected chi connectivity index (χ0v) is 12.3. The molecule has 0 aliphatic rings. The molecule has 2 aromatic carbocycles. The number of carbonyl (C=O) groups is 1. The molecule has 0 aliphatic carbocycles. The van der Waals surface area contributed by atoms with E-state index in [-0.39, 0.29) is 0 Å². The van der Waals surface area contributed by atoms with Crippen molar-refractivity contribution < 1.29 is 9.53 Å². The fraction of sp³-hybridized carbons (Fsp3) is 0.0556. The molecule has 1 N–H and O–H groups in total. The Bertz CT molecular complexity index is 759. The molecule has 0 atom stereocenters. The van der Waals surface area contributed by atoms with Gasteiger partial charge in [0, 0.05) is 12.1 Å². The fourth-order valence-electron chi connectivity index (χ4n) is 2.02. The molecule has 0 radical (unpaired) electrons. The van der Waals surface area contributed by atoms with Gasteiger partial charge in [-0.05, 0) is 5.56 Å². The smallest absolute Gasteiger partial charge is 0.407 e. The minimum absolute atomic E-state index is 0.301. The van der Waals surface area contributed by atoms with E-state index in [1.807, 2.05) is 60.7 Å². The third-order valence-corrected chi connectivity index (χ3v) is 3.15. The molecule has 0 bridgehead atoms. The molecule has 23 heavy (non-hydrogen) atoms. The van der Waals surface area contributed by atoms with Crippen molar-refractivity contribution in [2.75, 3.05) is 0 Å². The van der Waals surface area contributed by atoms with Gasteiger partial charge in [0.2, 0.25) is 0 Å². The molecule has 0 fully saturated rings. The van der Waals surface area contributed by atoms with Gasteiger partial charge in [-0.3, -0.25) is 0 Å². The standard InChI is InChI=1S/C18H15N3O2/c22-18(21-11-14-7-3-1-4-8-14)23-16-12-19-17(20-13-16)15-9-5-2-6-10-15/h1-10,12-13H,11H2,(H,21,22). The predicted molar refractivity (Wildman–Crippen MR) is 86.8 cm³/mol. The maximum atomic E-state index is 11.8. The number of amides is 1. The van der Waals surface area contributed by atoms with Crippen LogP contribution in [-0.2, 0) is 6.54 Å². The lowest BCUT2D eigenvalue weighted by atomic mass is 10.2. The fourth-order valence-corrected chi connectivity index (χ4v) is 2.02. The molecule has 5 nitrogen and oxygen atoms in total. The van der Waals surface area contributed by atoms with Crippen molar-refractivity contribution in [3.8, 4) is 17.1 Å². The van der Waals surface area contributed by atoms with E-state index in [1.165, 1.54) is 12.4 Å². The number of rotatable bonds is 4. The Morgan fingerprint density at radius 3 is 2.17 bits per heavy atom. The number of benzene rings is 2. The van der Waals surface area contributed by atoms with Crippen molar-refractivity contribution in [3.63, 3.8) is 0 Å². The first-order chi connectivity index (χ1) is 11.3. The Morgan fingerprint density at radius 2 is 1.52 bits per heavy atom. The summed E-state index contributed by atoms with van der Waals surface area (Å²) in [6.45, 7) is 0.405. The van der Waals surface area contributed by atoms with Crippen LogP contribution in [0, 0.1) is 0 Å². The Morgan fingerprint density at radius 1 is 0.913 bits per heavy atom. The van der Waals surface area contributed by atoms with Crippen LogP contribution in [0.1, 0.15) is 5.56 Å². The molecule has 1 amide bonds. The van der Waals surface area contributed by atoms with Crippen LogP contribution in [0.4, 0.5) is 4.79 Å². The first-order valence-electron chi connectivity index (χ1n) is 7.18. The van der Waals surface area contributed by atoms with Crippen molar-refractivity contribution in [2.24, 2.45) is 0 Å². The highest BCUT2D eigenvalue weighted by Gasteiger charge is 2.06. The number of hydrogen-bond acceptors (Lipinski definition) is 4. The van der Waals surface area contributed by atoms with Gasteiger partial charge in [0.1, 0.15) is 0 Å². The van der Waals surface area contributed by atoms with Crippen molar-refractivity contribution in [3.05, 3.63) is 78.6 Å². The van der Waals surface area contributed by atoms with Crippen LogP contribution in [0.3, 0.4) is 0 Å². The van der Waals surface area contributed by atoms with Gasteiger partial charge in [-0.15, -0.1) is 0 Å². The first kappa shape index (κ1) is 14.7. The molecule has 0 saturated heterocycles. The van der Waals surface area contributed by atoms with Crippen molar-refractivity contribution >= 4 is 6.09 Å². The summed E-state index contributed by atoms with van der Waals surface area (Å²) in [5.41, 5.74) is 1.91. The maximum Gasteiger partial charge on any atom is 0.412 e. The van der Waals surface area contributed by atoms with E-state index < -0.39 is 6.09 Å². The van der Waals surface area contributed by atoms with Gasteiger partial charge < -0.3 is 10.1 Å². The largest absolute Gasteiger partial charge is 0.412 e. The third-order valence-electron chi connectivity index (χ3n) is 3.15. The van der Waals surface area contributed by atoms with Gasteiger partial charge in [-0.1, -0.05) is 60.7 Å². The van der Waals surface area contributed by atoms with E-state index in [0.29, 0.717) is 18.1 Å². The maximum absolute atomic E-state index is 11.8. The summed E-state index contributed by atoms with van der Waals surface area (Å²) in [5.74, 6) is 0.887. The van der Waals surface area contributed by atoms with Crippen LogP contribution >= 0.6 is 0 Å². The molecule has 0 saturated carbocycles. The number of nitrogens with zero attached hydrogens (tertiary/aromatic N) is 2. The van der Waals surface area contributed by atoms with Crippen molar-refractivity contribution in [2.45, 2.75) is 6.54 Å². The Balaban J connectivity index is 1.57. The van der Waals surface area contributed by atoms with Crippen LogP contribution < -0.4 is 10.1 Å². The van der Waals surface area contributed by atoms with Crippen molar-refractivity contribution in [1.82, 2.24) is 15.3 Å². The van der Waals surface area contributed by atoms with Crippen molar-refractivity contribution in [1.29, 1.82) is 0 Å². The zero-order chi connectivity index (χ0) is 15.9. The molecule has 1 aromatic heterocycles. The molecule has 0 spiro atoms. The minimum Gasteiger partial charge on any atom is -0.407 e. The van der Waals surface area contributed by atoms with Crippen LogP contribution in [-0.4, -0.2) is 16.1 Å². The number of carbonyl (C=O) groups excluding carboxylic acids is 1. The van der Waals surface area contributed by atoms with Crippen LogP contribution in [0.5, 0.6) is 5.75 Å². The highest BCUT2D eigenvalue weighted by atomic mass is 16.6. The average Bonchev–Trinajstić information content (AvgIpc) is 2.62. The number of hydrogen-bond donors (Lipinski definition) is 1. The number of ether oxygens (including phenoxy) is 1. The lowest BCUT2D eigenvalue weighted by molar-refractivity contribution is 0.199. The second-order valence-electron chi connectivity index (χ2n) is 4.84. The van der Waals surface area contributed by atoms with Gasteiger partial charge in [-0.25, -0.2) is 14.8 Å². The SMILES string of the molecule is O=C(NCc1ccccc1)Oc1cnc(-c2ccccc2)nc1. The quantitative estimate of drug-likeness (QED) is 0.802. The highest BCUT2D eigenvalue weighted by Crippen LogP contribution is 2.15. The summed E-state index contributed by atoms with van der Waals surface area (Å²) >= 11 is 0. The summed E-state index contributed by atoms with van der Waals surface area (Å²) in [7, 11) is 0. The topological polar surface area (TPSA) is 64.1 Å². The summed E-state index contributed by atoms with van der Waals surface area (Å²) in [6.07, 6.45) is 2.43. The predicted octanol–water partition coefficient (Wildman–Crippen LogP) is 3.43. The first-order valence-corrected chi connectivity index (χ1v) is 7.18. The van der Waals surface area contributed by atoms with Crippen LogP contribution in [0.15, 0.2) is 73.1 Å². The number of nitrogens with one attached hydrogen (secondary N) is 1. The van der Waals surface area contributed by atoms with Gasteiger partial charge in [0.05, 0.1) is 12.4 Å². The Kier molecular flexibility index (Phi) is 4.59. The Labute approximate surface area is 134 Å². The summed E-state index contributed by atoms with van der Waals surface area (Å²) in [6, 6.07) is 19.2. The van der Waals surface area contributed by atoms with Crippen LogP contribution in [0.25, 0.3) is 11.4 Å². The van der Waals surface area contributed by atoms with Gasteiger partial charge in [0.15, 0.2) is 11.6 Å². The number of aromatic nitrogens is 2. The lowest BCUT2D eigenvalue weighted by Crippen LogP contribution is -2.26. The molecule has 3 aromatic rings. The van der Waals surface area contributed by atoms with Crippen LogP contribution in [0.2, 0.25) is 0 Å². The highest BCUT2D eigenvalue weighted by molar-refractivity contribution is 5.70. The normalized spacial score (nSPS) is 10.1. The summed E-state index contributed by atoms with van der Waals surface area (Å²) in [5, 5.41) is 2.68. The second-order valence-corrected chi connectivity index (χ2v) is 4.84. The zero-order valence-electron chi connectivity index (χ0n) is 12.3. The molecule has 5 heteroatoms.